The van der Waals surface area contributed by atoms with Crippen LogP contribution in [0.5, 0.6) is 0 Å². The van der Waals surface area contributed by atoms with Crippen LogP contribution in [0.1, 0.15) is 5.69 Å². The molecule has 0 unspecified atom stereocenters. The Balaban J connectivity index is 2.17. The lowest BCUT2D eigenvalue weighted by Gasteiger charge is -2.10. The number of aromatic nitrogens is 2. The highest BCUT2D eigenvalue weighted by Gasteiger charge is 2.10. The van der Waals surface area contributed by atoms with Gasteiger partial charge in [0.25, 0.3) is 0 Å². The Morgan fingerprint density at radius 3 is 2.32 bits per heavy atom. The fraction of sp³-hybridized carbons (Fsp3) is 0.0625. The largest absolute Gasteiger partial charge is 0.297 e. The van der Waals surface area contributed by atoms with Gasteiger partial charge in [0.05, 0.1) is 0 Å². The molecular formula is C16H13FN2. The summed E-state index contributed by atoms with van der Waals surface area (Å²) < 4.78 is 15.1. The summed E-state index contributed by atoms with van der Waals surface area (Å²) in [7, 11) is 0. The van der Waals surface area contributed by atoms with Gasteiger partial charge in [-0.15, -0.1) is 0 Å². The first-order valence-corrected chi connectivity index (χ1v) is 6.11. The van der Waals surface area contributed by atoms with Gasteiger partial charge in [0.15, 0.2) is 0 Å². The minimum atomic E-state index is -0.234. The van der Waals surface area contributed by atoms with E-state index in [0.717, 1.165) is 22.8 Å². The lowest BCUT2D eigenvalue weighted by Crippen LogP contribution is -1.99. The molecule has 2 nitrogen and oxygen atoms in total. The summed E-state index contributed by atoms with van der Waals surface area (Å²) >= 11 is 0. The van der Waals surface area contributed by atoms with Crippen molar-refractivity contribution in [1.82, 2.24) is 9.55 Å². The minimum absolute atomic E-state index is 0.234. The second-order valence-corrected chi connectivity index (χ2v) is 4.40. The number of benzene rings is 2. The van der Waals surface area contributed by atoms with E-state index in [2.05, 4.69) is 4.98 Å². The van der Waals surface area contributed by atoms with Crippen LogP contribution in [-0.2, 0) is 0 Å². The maximum absolute atomic E-state index is 13.0. The van der Waals surface area contributed by atoms with E-state index >= 15 is 0 Å². The van der Waals surface area contributed by atoms with Crippen LogP contribution in [-0.4, -0.2) is 9.55 Å². The molecule has 0 amide bonds. The highest BCUT2D eigenvalue weighted by molar-refractivity contribution is 5.59. The molecule has 0 aliphatic carbocycles. The number of rotatable bonds is 2. The third-order valence-electron chi connectivity index (χ3n) is 3.05. The number of halogens is 1. The molecule has 1 aromatic heterocycles. The van der Waals surface area contributed by atoms with Crippen molar-refractivity contribution in [3.63, 3.8) is 0 Å². The van der Waals surface area contributed by atoms with Crippen LogP contribution in [0.25, 0.3) is 17.1 Å². The number of hydrogen-bond donors (Lipinski definition) is 0. The van der Waals surface area contributed by atoms with E-state index in [4.69, 9.17) is 0 Å². The summed E-state index contributed by atoms with van der Waals surface area (Å²) in [5.74, 6) is 0.632. The second-order valence-electron chi connectivity index (χ2n) is 4.40. The SMILES string of the molecule is Cc1cnc(-c2ccccc2)n1-c1ccc(F)cc1. The van der Waals surface area contributed by atoms with E-state index in [9.17, 15) is 4.39 Å². The lowest BCUT2D eigenvalue weighted by molar-refractivity contribution is 0.627. The first-order chi connectivity index (χ1) is 9.25. The van der Waals surface area contributed by atoms with Gasteiger partial charge in [-0.2, -0.15) is 0 Å². The Hall–Kier alpha value is -2.42. The van der Waals surface area contributed by atoms with Crippen molar-refractivity contribution in [3.8, 4) is 17.1 Å². The lowest BCUT2D eigenvalue weighted by atomic mass is 10.2. The van der Waals surface area contributed by atoms with Gasteiger partial charge >= 0.3 is 0 Å². The summed E-state index contributed by atoms with van der Waals surface area (Å²) in [6.45, 7) is 1.99. The van der Waals surface area contributed by atoms with E-state index in [-0.39, 0.29) is 5.82 Å². The number of aryl methyl sites for hydroxylation is 1. The highest BCUT2D eigenvalue weighted by Crippen LogP contribution is 2.23. The molecule has 0 aliphatic rings. The Morgan fingerprint density at radius 1 is 0.947 bits per heavy atom. The maximum atomic E-state index is 13.0. The van der Waals surface area contributed by atoms with Crippen LogP contribution in [0.2, 0.25) is 0 Å². The standard InChI is InChI=1S/C16H13FN2/c1-12-11-18-16(13-5-3-2-4-6-13)19(12)15-9-7-14(17)8-10-15/h2-11H,1H3. The second kappa shape index (κ2) is 4.69. The molecule has 0 spiro atoms. The molecule has 2 aromatic carbocycles. The monoisotopic (exact) mass is 252 g/mol. The van der Waals surface area contributed by atoms with Crippen LogP contribution in [0.15, 0.2) is 60.8 Å². The quantitative estimate of drug-likeness (QED) is 0.674. The molecule has 0 saturated heterocycles. The van der Waals surface area contributed by atoms with E-state index in [1.807, 2.05) is 48.0 Å². The molecule has 19 heavy (non-hydrogen) atoms. The van der Waals surface area contributed by atoms with Crippen molar-refractivity contribution in [2.45, 2.75) is 6.92 Å². The number of imidazole rings is 1. The van der Waals surface area contributed by atoms with Crippen molar-refractivity contribution in [2.75, 3.05) is 0 Å². The third kappa shape index (κ3) is 2.15. The van der Waals surface area contributed by atoms with Crippen molar-refractivity contribution >= 4 is 0 Å². The van der Waals surface area contributed by atoms with Gasteiger partial charge in [-0.05, 0) is 31.2 Å². The van der Waals surface area contributed by atoms with Gasteiger partial charge in [0.2, 0.25) is 0 Å². The van der Waals surface area contributed by atoms with Gasteiger partial charge in [-0.3, -0.25) is 4.57 Å². The molecule has 94 valence electrons. The van der Waals surface area contributed by atoms with E-state index in [0.29, 0.717) is 0 Å². The average molecular weight is 252 g/mol. The first kappa shape index (κ1) is 11.7. The molecule has 1 heterocycles. The predicted octanol–water partition coefficient (Wildman–Crippen LogP) is 3.99. The average Bonchev–Trinajstić information content (AvgIpc) is 2.83. The van der Waals surface area contributed by atoms with Crippen LogP contribution in [0.3, 0.4) is 0 Å². The zero-order chi connectivity index (χ0) is 13.2. The van der Waals surface area contributed by atoms with Gasteiger partial charge in [0, 0.05) is 23.1 Å². The number of hydrogen-bond acceptors (Lipinski definition) is 1. The smallest absolute Gasteiger partial charge is 0.144 e. The van der Waals surface area contributed by atoms with Gasteiger partial charge in [-0.25, -0.2) is 9.37 Å². The molecule has 3 rings (SSSR count). The summed E-state index contributed by atoms with van der Waals surface area (Å²) in [6, 6.07) is 16.4. The Bertz CT molecular complexity index is 685. The van der Waals surface area contributed by atoms with Crippen molar-refractivity contribution < 1.29 is 4.39 Å². The topological polar surface area (TPSA) is 17.8 Å². The fourth-order valence-corrected chi connectivity index (χ4v) is 2.14. The molecule has 3 aromatic rings. The summed E-state index contributed by atoms with van der Waals surface area (Å²) in [5.41, 5.74) is 2.97. The zero-order valence-corrected chi connectivity index (χ0v) is 10.5. The molecule has 3 heteroatoms. The number of nitrogens with zero attached hydrogens (tertiary/aromatic N) is 2. The maximum Gasteiger partial charge on any atom is 0.144 e. The molecule has 0 radical (unpaired) electrons. The third-order valence-corrected chi connectivity index (χ3v) is 3.05. The highest BCUT2D eigenvalue weighted by atomic mass is 19.1. The van der Waals surface area contributed by atoms with Crippen molar-refractivity contribution in [1.29, 1.82) is 0 Å². The van der Waals surface area contributed by atoms with E-state index in [1.165, 1.54) is 12.1 Å². The van der Waals surface area contributed by atoms with Gasteiger partial charge < -0.3 is 0 Å². The summed E-state index contributed by atoms with van der Waals surface area (Å²) in [5, 5.41) is 0. The molecule has 0 fully saturated rings. The molecule has 0 bridgehead atoms. The Kier molecular flexibility index (Phi) is 2.88. The van der Waals surface area contributed by atoms with Crippen molar-refractivity contribution in [2.24, 2.45) is 0 Å². The fourth-order valence-electron chi connectivity index (χ4n) is 2.14. The van der Waals surface area contributed by atoms with E-state index < -0.39 is 0 Å². The molecular weight excluding hydrogens is 239 g/mol. The Morgan fingerprint density at radius 2 is 1.63 bits per heavy atom. The predicted molar refractivity (Wildman–Crippen MR) is 73.7 cm³/mol. The van der Waals surface area contributed by atoms with Crippen LogP contribution in [0, 0.1) is 12.7 Å². The van der Waals surface area contributed by atoms with Crippen LogP contribution < -0.4 is 0 Å². The Labute approximate surface area is 111 Å². The van der Waals surface area contributed by atoms with Gasteiger partial charge in [0.1, 0.15) is 11.6 Å². The van der Waals surface area contributed by atoms with Crippen molar-refractivity contribution in [3.05, 3.63) is 72.3 Å². The summed E-state index contributed by atoms with van der Waals surface area (Å²) in [6.07, 6.45) is 1.83. The normalized spacial score (nSPS) is 10.6. The zero-order valence-electron chi connectivity index (χ0n) is 10.5. The van der Waals surface area contributed by atoms with Gasteiger partial charge in [-0.1, -0.05) is 30.3 Å². The molecule has 0 atom stereocenters. The van der Waals surface area contributed by atoms with E-state index in [1.54, 1.807) is 12.1 Å². The van der Waals surface area contributed by atoms with Crippen LogP contribution >= 0.6 is 0 Å². The summed E-state index contributed by atoms with van der Waals surface area (Å²) in [4.78, 5) is 4.45. The molecule has 0 aliphatic heterocycles. The molecule has 0 N–H and O–H groups in total. The first-order valence-electron chi connectivity index (χ1n) is 6.11. The minimum Gasteiger partial charge on any atom is -0.297 e. The molecule has 0 saturated carbocycles. The van der Waals surface area contributed by atoms with Crippen LogP contribution in [0.4, 0.5) is 4.39 Å².